The maximum absolute atomic E-state index is 12.8. The van der Waals surface area contributed by atoms with Gasteiger partial charge < -0.3 is 10.2 Å². The second-order valence-electron chi connectivity index (χ2n) is 7.23. The summed E-state index contributed by atoms with van der Waals surface area (Å²) in [5, 5.41) is 5.01. The predicted molar refractivity (Wildman–Crippen MR) is 110 cm³/mol. The number of nitrogens with one attached hydrogen (secondary N) is 1. The van der Waals surface area contributed by atoms with Crippen LogP contribution in [-0.4, -0.2) is 48.3 Å². The van der Waals surface area contributed by atoms with Gasteiger partial charge in [0.15, 0.2) is 0 Å². The topological polar surface area (TPSA) is 52.7 Å². The van der Waals surface area contributed by atoms with Crippen LogP contribution in [0.2, 0.25) is 0 Å². The molecule has 1 aliphatic heterocycles. The lowest BCUT2D eigenvalue weighted by molar-refractivity contribution is -0.133. The molecule has 5 nitrogen and oxygen atoms in total. The largest absolute Gasteiger partial charge is 0.334 e. The van der Waals surface area contributed by atoms with E-state index < -0.39 is 0 Å². The van der Waals surface area contributed by atoms with Gasteiger partial charge >= 0.3 is 0 Å². The third-order valence-corrected chi connectivity index (χ3v) is 6.12. The zero-order valence-electron chi connectivity index (χ0n) is 16.2. The number of hydrogen-bond acceptors (Lipinski definition) is 4. The number of amides is 2. The fourth-order valence-electron chi connectivity index (χ4n) is 3.54. The zero-order chi connectivity index (χ0) is 19.4. The van der Waals surface area contributed by atoms with Crippen LogP contribution >= 0.6 is 11.3 Å². The van der Waals surface area contributed by atoms with Crippen LogP contribution in [-0.2, 0) is 9.59 Å². The number of benzene rings is 1. The van der Waals surface area contributed by atoms with Crippen molar-refractivity contribution in [1.82, 2.24) is 9.80 Å². The van der Waals surface area contributed by atoms with Gasteiger partial charge in [-0.25, -0.2) is 0 Å². The Bertz CT molecular complexity index is 804. The molecule has 27 heavy (non-hydrogen) atoms. The van der Waals surface area contributed by atoms with Crippen LogP contribution in [0.5, 0.6) is 0 Å². The van der Waals surface area contributed by atoms with Gasteiger partial charge in [0, 0.05) is 17.1 Å². The quantitative estimate of drug-likeness (QED) is 0.827. The first-order valence-electron chi connectivity index (χ1n) is 9.33. The number of aryl methyl sites for hydroxylation is 1. The Morgan fingerprint density at radius 3 is 2.78 bits per heavy atom. The lowest BCUT2D eigenvalue weighted by Gasteiger charge is -2.26. The highest BCUT2D eigenvalue weighted by Crippen LogP contribution is 2.34. The zero-order valence-corrected chi connectivity index (χ0v) is 17.0. The first-order valence-corrected chi connectivity index (χ1v) is 10.2. The Hall–Kier alpha value is -2.18. The second-order valence-corrected chi connectivity index (χ2v) is 8.21. The van der Waals surface area contributed by atoms with Crippen LogP contribution in [0.4, 0.5) is 5.69 Å². The molecule has 1 aliphatic rings. The molecule has 2 aromatic rings. The minimum Gasteiger partial charge on any atom is -0.334 e. The van der Waals surface area contributed by atoms with Gasteiger partial charge in [0.1, 0.15) is 0 Å². The molecule has 1 saturated heterocycles. The maximum atomic E-state index is 12.8. The van der Waals surface area contributed by atoms with Gasteiger partial charge in [-0.1, -0.05) is 18.2 Å². The molecular weight excluding hydrogens is 358 g/mol. The molecular formula is C21H27N3O2S. The van der Waals surface area contributed by atoms with E-state index in [1.807, 2.05) is 50.1 Å². The maximum Gasteiger partial charge on any atom is 0.238 e. The highest BCUT2D eigenvalue weighted by molar-refractivity contribution is 7.10. The summed E-state index contributed by atoms with van der Waals surface area (Å²) < 4.78 is 0. The van der Waals surface area contributed by atoms with Gasteiger partial charge in [-0.3, -0.25) is 14.5 Å². The summed E-state index contributed by atoms with van der Waals surface area (Å²) in [7, 11) is 1.82. The molecule has 6 heteroatoms. The van der Waals surface area contributed by atoms with Crippen molar-refractivity contribution in [2.45, 2.75) is 32.7 Å². The summed E-state index contributed by atoms with van der Waals surface area (Å²) >= 11 is 1.70. The van der Waals surface area contributed by atoms with E-state index in [2.05, 4.69) is 16.8 Å². The van der Waals surface area contributed by atoms with Gasteiger partial charge in [0.25, 0.3) is 0 Å². The first kappa shape index (κ1) is 19.6. The van der Waals surface area contributed by atoms with Crippen LogP contribution in [0, 0.1) is 13.8 Å². The number of rotatable bonds is 6. The Kier molecular flexibility index (Phi) is 6.29. The average Bonchev–Trinajstić information content (AvgIpc) is 3.29. The molecule has 2 amide bonds. The molecule has 1 fully saturated rings. The van der Waals surface area contributed by atoms with E-state index in [1.165, 1.54) is 4.88 Å². The van der Waals surface area contributed by atoms with E-state index in [0.29, 0.717) is 0 Å². The summed E-state index contributed by atoms with van der Waals surface area (Å²) in [6.07, 6.45) is 2.05. The van der Waals surface area contributed by atoms with Crippen molar-refractivity contribution in [3.8, 4) is 0 Å². The van der Waals surface area contributed by atoms with Crippen LogP contribution in [0.15, 0.2) is 35.7 Å². The van der Waals surface area contributed by atoms with Crippen LogP contribution in [0.1, 0.15) is 34.9 Å². The molecule has 0 aliphatic carbocycles. The van der Waals surface area contributed by atoms with Gasteiger partial charge in [-0.05, 0) is 62.4 Å². The SMILES string of the molecule is Cc1cccc(NC(=O)CN(C)CC(=O)N2CCCC2c2cccs2)c1C. The van der Waals surface area contributed by atoms with E-state index in [0.717, 1.165) is 36.2 Å². The van der Waals surface area contributed by atoms with Crippen LogP contribution < -0.4 is 5.32 Å². The highest BCUT2D eigenvalue weighted by Gasteiger charge is 2.30. The van der Waals surface area contributed by atoms with Crippen molar-refractivity contribution >= 4 is 28.8 Å². The van der Waals surface area contributed by atoms with Gasteiger partial charge in [-0.15, -0.1) is 11.3 Å². The van der Waals surface area contributed by atoms with E-state index in [-0.39, 0.29) is 30.9 Å². The van der Waals surface area contributed by atoms with E-state index in [9.17, 15) is 9.59 Å². The number of likely N-dealkylation sites (N-methyl/N-ethyl adjacent to an activating group) is 1. The smallest absolute Gasteiger partial charge is 0.238 e. The third kappa shape index (κ3) is 4.76. The molecule has 0 radical (unpaired) electrons. The van der Waals surface area contributed by atoms with Crippen molar-refractivity contribution in [2.24, 2.45) is 0 Å². The molecule has 1 unspecified atom stereocenters. The van der Waals surface area contributed by atoms with Crippen molar-refractivity contribution in [2.75, 3.05) is 32.0 Å². The molecule has 0 spiro atoms. The molecule has 1 aromatic heterocycles. The van der Waals surface area contributed by atoms with Gasteiger partial charge in [-0.2, -0.15) is 0 Å². The van der Waals surface area contributed by atoms with E-state index in [4.69, 9.17) is 0 Å². The Balaban J connectivity index is 1.54. The number of thiophene rings is 1. The number of hydrogen-bond donors (Lipinski definition) is 1. The van der Waals surface area contributed by atoms with Crippen molar-refractivity contribution in [3.05, 3.63) is 51.7 Å². The van der Waals surface area contributed by atoms with Crippen LogP contribution in [0.25, 0.3) is 0 Å². The number of anilines is 1. The van der Waals surface area contributed by atoms with Gasteiger partial charge in [0.2, 0.25) is 11.8 Å². The number of carbonyl (C=O) groups is 2. The highest BCUT2D eigenvalue weighted by atomic mass is 32.1. The van der Waals surface area contributed by atoms with Crippen molar-refractivity contribution in [1.29, 1.82) is 0 Å². The number of likely N-dealkylation sites (tertiary alicyclic amines) is 1. The number of carbonyl (C=O) groups excluding carboxylic acids is 2. The summed E-state index contributed by atoms with van der Waals surface area (Å²) in [5.41, 5.74) is 3.04. The molecule has 1 N–H and O–H groups in total. The minimum atomic E-state index is -0.102. The van der Waals surface area contributed by atoms with E-state index >= 15 is 0 Å². The summed E-state index contributed by atoms with van der Waals surface area (Å²) in [4.78, 5) is 30.1. The molecule has 3 rings (SSSR count). The molecule has 144 valence electrons. The molecule has 1 atom stereocenters. The number of nitrogens with zero attached hydrogens (tertiary/aromatic N) is 2. The molecule has 0 saturated carbocycles. The molecule has 0 bridgehead atoms. The van der Waals surface area contributed by atoms with Gasteiger partial charge in [0.05, 0.1) is 19.1 Å². The summed E-state index contributed by atoms with van der Waals surface area (Å²) in [6.45, 7) is 5.26. The van der Waals surface area contributed by atoms with Crippen LogP contribution in [0.3, 0.4) is 0 Å². The predicted octanol–water partition coefficient (Wildman–Crippen LogP) is 3.60. The molecule has 1 aromatic carbocycles. The Labute approximate surface area is 165 Å². The summed E-state index contributed by atoms with van der Waals surface area (Å²) in [5.74, 6) is -0.0110. The minimum absolute atomic E-state index is 0.0907. The standard InChI is InChI=1S/C21H27N3O2S/c1-15-7-4-8-17(16(15)2)22-20(25)13-23(3)14-21(26)24-11-5-9-18(24)19-10-6-12-27-19/h4,6-8,10,12,18H,5,9,11,13-14H2,1-3H3,(H,22,25). The summed E-state index contributed by atoms with van der Waals surface area (Å²) in [6, 6.07) is 10.2. The fourth-order valence-corrected chi connectivity index (χ4v) is 4.41. The second kappa shape index (κ2) is 8.67. The monoisotopic (exact) mass is 385 g/mol. The normalized spacial score (nSPS) is 16.7. The van der Waals surface area contributed by atoms with E-state index in [1.54, 1.807) is 16.2 Å². The Morgan fingerprint density at radius 2 is 2.04 bits per heavy atom. The van der Waals surface area contributed by atoms with Crippen molar-refractivity contribution in [3.63, 3.8) is 0 Å². The van der Waals surface area contributed by atoms with Crippen molar-refractivity contribution < 1.29 is 9.59 Å². The molecule has 2 heterocycles. The first-order chi connectivity index (χ1) is 13.0. The lowest BCUT2D eigenvalue weighted by Crippen LogP contribution is -2.41. The fraction of sp³-hybridized carbons (Fsp3) is 0.429. The average molecular weight is 386 g/mol. The third-order valence-electron chi connectivity index (χ3n) is 5.14. The lowest BCUT2D eigenvalue weighted by atomic mass is 10.1. The Morgan fingerprint density at radius 1 is 1.22 bits per heavy atom.